The van der Waals surface area contributed by atoms with Gasteiger partial charge in [-0.15, -0.1) is 24.0 Å². The first kappa shape index (κ1) is 26.1. The molecule has 1 aliphatic heterocycles. The van der Waals surface area contributed by atoms with Crippen LogP contribution in [0.25, 0.3) is 0 Å². The van der Waals surface area contributed by atoms with Crippen molar-refractivity contribution >= 4 is 29.9 Å². The lowest BCUT2D eigenvalue weighted by Gasteiger charge is -2.35. The molecule has 0 saturated carbocycles. The van der Waals surface area contributed by atoms with Crippen LogP contribution in [0.2, 0.25) is 0 Å². The topological polar surface area (TPSA) is 46.1 Å². The van der Waals surface area contributed by atoms with Crippen LogP contribution in [0.5, 0.6) is 0 Å². The van der Waals surface area contributed by atoms with Crippen LogP contribution in [-0.4, -0.2) is 63.5 Å². The van der Waals surface area contributed by atoms with E-state index in [9.17, 15) is 4.39 Å². The van der Waals surface area contributed by atoms with E-state index >= 15 is 0 Å². The van der Waals surface area contributed by atoms with Crippen LogP contribution in [0.4, 0.5) is 4.39 Å². The molecule has 0 aromatic heterocycles. The van der Waals surface area contributed by atoms with Gasteiger partial charge in [0.15, 0.2) is 5.96 Å². The van der Waals surface area contributed by atoms with Crippen molar-refractivity contribution in [2.45, 2.75) is 51.6 Å². The second kappa shape index (κ2) is 13.4. The summed E-state index contributed by atoms with van der Waals surface area (Å²) in [7, 11) is 1.72. The minimum absolute atomic E-state index is 0. The molecule has 1 aliphatic rings. The second-order valence-corrected chi connectivity index (χ2v) is 7.97. The maximum atomic E-state index is 13.6. The maximum absolute atomic E-state index is 13.6. The molecule has 1 saturated heterocycles. The monoisotopic (exact) mass is 521 g/mol. The van der Waals surface area contributed by atoms with Gasteiger partial charge < -0.3 is 19.7 Å². The van der Waals surface area contributed by atoms with Crippen molar-refractivity contribution in [2.24, 2.45) is 4.99 Å². The Balaban J connectivity index is 0.00000420. The quantitative estimate of drug-likeness (QED) is 0.229. The van der Waals surface area contributed by atoms with Gasteiger partial charge in [-0.1, -0.05) is 26.0 Å². The number of nitrogens with zero attached hydrogens (tertiary/aromatic N) is 2. The summed E-state index contributed by atoms with van der Waals surface area (Å²) in [6.45, 7) is 11.1. The molecule has 1 aromatic carbocycles. The van der Waals surface area contributed by atoms with Crippen LogP contribution in [0.1, 0.15) is 45.6 Å². The highest BCUT2D eigenvalue weighted by Crippen LogP contribution is 2.24. The molecule has 0 radical (unpaired) electrons. The molecule has 0 amide bonds. The lowest BCUT2D eigenvalue weighted by molar-refractivity contribution is 0.00989. The third-order valence-electron chi connectivity index (χ3n) is 5.15. The van der Waals surface area contributed by atoms with E-state index in [0.717, 1.165) is 63.6 Å². The summed E-state index contributed by atoms with van der Waals surface area (Å²) in [5.74, 6) is 0.735. The standard InChI is InChI=1S/C22H36FN3O2.HI/c1-5-24-21(25-17-22(2,3)18-8-6-9-19(23)16-18)26-12-10-20(11-13-26)28-15-7-14-27-4;/h6,8-9,16,20H,5,7,10-15,17H2,1-4H3,(H,24,25);1H. The number of nitrogens with one attached hydrogen (secondary N) is 1. The highest BCUT2D eigenvalue weighted by molar-refractivity contribution is 14.0. The van der Waals surface area contributed by atoms with E-state index in [1.807, 2.05) is 6.07 Å². The van der Waals surface area contributed by atoms with Gasteiger partial charge in [0.25, 0.3) is 0 Å². The van der Waals surface area contributed by atoms with Crippen molar-refractivity contribution in [3.05, 3.63) is 35.6 Å². The number of ether oxygens (including phenoxy) is 2. The molecule has 1 heterocycles. The number of guanidine groups is 1. The number of likely N-dealkylation sites (tertiary alicyclic amines) is 1. The third-order valence-corrected chi connectivity index (χ3v) is 5.15. The minimum Gasteiger partial charge on any atom is -0.385 e. The molecule has 0 unspecified atom stereocenters. The molecule has 29 heavy (non-hydrogen) atoms. The molecule has 7 heteroatoms. The van der Waals surface area contributed by atoms with Gasteiger partial charge in [-0.25, -0.2) is 4.39 Å². The van der Waals surface area contributed by atoms with E-state index < -0.39 is 0 Å². The lowest BCUT2D eigenvalue weighted by atomic mass is 9.85. The van der Waals surface area contributed by atoms with Gasteiger partial charge in [0.05, 0.1) is 12.6 Å². The summed E-state index contributed by atoms with van der Waals surface area (Å²) in [5, 5.41) is 3.41. The average molecular weight is 521 g/mol. The molecule has 1 N–H and O–H groups in total. The van der Waals surface area contributed by atoms with Crippen LogP contribution in [0.15, 0.2) is 29.3 Å². The fourth-order valence-corrected chi connectivity index (χ4v) is 3.39. The average Bonchev–Trinajstić information content (AvgIpc) is 2.69. The van der Waals surface area contributed by atoms with Crippen molar-refractivity contribution in [1.82, 2.24) is 10.2 Å². The van der Waals surface area contributed by atoms with Crippen molar-refractivity contribution in [1.29, 1.82) is 0 Å². The van der Waals surface area contributed by atoms with E-state index in [0.29, 0.717) is 12.6 Å². The zero-order valence-corrected chi connectivity index (χ0v) is 20.6. The Morgan fingerprint density at radius 1 is 1.28 bits per heavy atom. The molecule has 0 spiro atoms. The Morgan fingerprint density at radius 2 is 2.00 bits per heavy atom. The van der Waals surface area contributed by atoms with E-state index in [-0.39, 0.29) is 35.2 Å². The van der Waals surface area contributed by atoms with E-state index in [2.05, 4.69) is 31.0 Å². The summed E-state index contributed by atoms with van der Waals surface area (Å²) in [5.41, 5.74) is 0.737. The largest absolute Gasteiger partial charge is 0.385 e. The first-order valence-electron chi connectivity index (χ1n) is 10.4. The van der Waals surface area contributed by atoms with E-state index in [1.165, 1.54) is 6.07 Å². The lowest BCUT2D eigenvalue weighted by Crippen LogP contribution is -2.47. The van der Waals surface area contributed by atoms with Gasteiger partial charge >= 0.3 is 0 Å². The van der Waals surface area contributed by atoms with Crippen LogP contribution in [-0.2, 0) is 14.9 Å². The molecule has 1 aromatic rings. The van der Waals surface area contributed by atoms with Crippen molar-refractivity contribution in [3.63, 3.8) is 0 Å². The molecule has 1 fully saturated rings. The third kappa shape index (κ3) is 8.76. The molecule has 0 atom stereocenters. The fraction of sp³-hybridized carbons (Fsp3) is 0.682. The fourth-order valence-electron chi connectivity index (χ4n) is 3.39. The smallest absolute Gasteiger partial charge is 0.193 e. The predicted octanol–water partition coefficient (Wildman–Crippen LogP) is 4.20. The Kier molecular flexibility index (Phi) is 12.1. The Hall–Kier alpha value is -0.930. The summed E-state index contributed by atoms with van der Waals surface area (Å²) in [6.07, 6.45) is 3.27. The molecular formula is C22H37FIN3O2. The number of methoxy groups -OCH3 is 1. The molecule has 166 valence electrons. The summed E-state index contributed by atoms with van der Waals surface area (Å²) in [6, 6.07) is 6.82. The Labute approximate surface area is 192 Å². The summed E-state index contributed by atoms with van der Waals surface area (Å²) >= 11 is 0. The van der Waals surface area contributed by atoms with Crippen LogP contribution < -0.4 is 5.32 Å². The Morgan fingerprint density at radius 3 is 2.62 bits per heavy atom. The van der Waals surface area contributed by atoms with Gasteiger partial charge in [0.1, 0.15) is 5.82 Å². The number of aliphatic imine (C=N–C) groups is 1. The van der Waals surface area contributed by atoms with Gasteiger partial charge in [-0.2, -0.15) is 0 Å². The van der Waals surface area contributed by atoms with Gasteiger partial charge in [0.2, 0.25) is 0 Å². The van der Waals surface area contributed by atoms with Gasteiger partial charge in [0, 0.05) is 45.4 Å². The zero-order chi connectivity index (χ0) is 20.4. The number of hydrogen-bond acceptors (Lipinski definition) is 3. The molecule has 0 aliphatic carbocycles. The van der Waals surface area contributed by atoms with Crippen molar-refractivity contribution in [3.8, 4) is 0 Å². The zero-order valence-electron chi connectivity index (χ0n) is 18.2. The normalized spacial score (nSPS) is 15.9. The maximum Gasteiger partial charge on any atom is 0.193 e. The molecule has 5 nitrogen and oxygen atoms in total. The van der Waals surface area contributed by atoms with Crippen LogP contribution in [0, 0.1) is 5.82 Å². The number of piperidine rings is 1. The highest BCUT2D eigenvalue weighted by Gasteiger charge is 2.24. The van der Waals surface area contributed by atoms with Crippen molar-refractivity contribution in [2.75, 3.05) is 46.5 Å². The first-order valence-corrected chi connectivity index (χ1v) is 10.4. The molecule has 0 bridgehead atoms. The van der Waals surface area contributed by atoms with Crippen LogP contribution in [0.3, 0.4) is 0 Å². The van der Waals surface area contributed by atoms with E-state index in [4.69, 9.17) is 14.5 Å². The van der Waals surface area contributed by atoms with Crippen LogP contribution >= 0.6 is 24.0 Å². The molecule has 2 rings (SSSR count). The SMILES string of the molecule is CCNC(=NCC(C)(C)c1cccc(F)c1)N1CCC(OCCCOC)CC1.I. The Bertz CT molecular complexity index is 620. The number of benzene rings is 1. The summed E-state index contributed by atoms with van der Waals surface area (Å²) < 4.78 is 24.6. The second-order valence-electron chi connectivity index (χ2n) is 7.97. The van der Waals surface area contributed by atoms with Gasteiger partial charge in [-0.3, -0.25) is 4.99 Å². The van der Waals surface area contributed by atoms with E-state index in [1.54, 1.807) is 19.2 Å². The number of halogens is 2. The van der Waals surface area contributed by atoms with Crippen molar-refractivity contribution < 1.29 is 13.9 Å². The number of rotatable bonds is 9. The first-order chi connectivity index (χ1) is 13.5. The predicted molar refractivity (Wildman–Crippen MR) is 128 cm³/mol. The summed E-state index contributed by atoms with van der Waals surface area (Å²) in [4.78, 5) is 7.18. The van der Waals surface area contributed by atoms with Gasteiger partial charge in [-0.05, 0) is 43.9 Å². The molecular weight excluding hydrogens is 484 g/mol. The number of hydrogen-bond donors (Lipinski definition) is 1. The highest BCUT2D eigenvalue weighted by atomic mass is 127. The minimum atomic E-state index is -0.231.